The maximum absolute atomic E-state index is 12.1. The van der Waals surface area contributed by atoms with Gasteiger partial charge in [0, 0.05) is 24.2 Å². The zero-order valence-corrected chi connectivity index (χ0v) is 12.9. The molecule has 0 aromatic rings. The van der Waals surface area contributed by atoms with Gasteiger partial charge in [0.15, 0.2) is 0 Å². The van der Waals surface area contributed by atoms with Crippen LogP contribution in [0, 0.1) is 0 Å². The van der Waals surface area contributed by atoms with Gasteiger partial charge in [-0.3, -0.25) is 14.6 Å². The minimum atomic E-state index is -0.00996. The second kappa shape index (κ2) is 5.64. The maximum Gasteiger partial charge on any atom is 0.307 e. The Labute approximate surface area is 122 Å². The lowest BCUT2D eigenvalue weighted by Gasteiger charge is -2.38. The molecule has 1 saturated carbocycles. The van der Waals surface area contributed by atoms with Gasteiger partial charge in [0.1, 0.15) is 0 Å². The molecule has 0 N–H and O–H groups in total. The van der Waals surface area contributed by atoms with Crippen molar-refractivity contribution in [2.45, 2.75) is 70.0 Å². The lowest BCUT2D eigenvalue weighted by atomic mass is 9.90. The average Bonchev–Trinajstić information content (AvgIpc) is 2.97. The number of ether oxygens (including phenoxy) is 1. The summed E-state index contributed by atoms with van der Waals surface area (Å²) in [5.74, 6) is -0.00996. The summed E-state index contributed by atoms with van der Waals surface area (Å²) in [6, 6.07) is 1.40. The van der Waals surface area contributed by atoms with Gasteiger partial charge >= 0.3 is 5.97 Å². The van der Waals surface area contributed by atoms with Crippen LogP contribution in [0.2, 0.25) is 0 Å². The fourth-order valence-electron chi connectivity index (χ4n) is 4.26. The maximum atomic E-state index is 12.1. The number of likely N-dealkylation sites (tertiary alicyclic amines) is 2. The van der Waals surface area contributed by atoms with Gasteiger partial charge in [-0.1, -0.05) is 0 Å². The molecule has 114 valence electrons. The van der Waals surface area contributed by atoms with Gasteiger partial charge in [-0.25, -0.2) is 0 Å². The Hall–Kier alpha value is -0.610. The molecule has 0 aromatic carbocycles. The molecule has 0 radical (unpaired) electrons. The van der Waals surface area contributed by atoms with Crippen molar-refractivity contribution in [2.75, 3.05) is 26.2 Å². The molecule has 2 atom stereocenters. The van der Waals surface area contributed by atoms with Crippen LogP contribution in [0.15, 0.2) is 0 Å². The first-order valence-corrected chi connectivity index (χ1v) is 8.31. The minimum absolute atomic E-state index is 0.00996. The molecular weight excluding hydrogens is 252 g/mol. The summed E-state index contributed by atoms with van der Waals surface area (Å²) in [5.41, 5.74) is 0.0464. The zero-order chi connectivity index (χ0) is 14.2. The van der Waals surface area contributed by atoms with E-state index < -0.39 is 0 Å². The van der Waals surface area contributed by atoms with Crippen molar-refractivity contribution in [1.82, 2.24) is 9.80 Å². The summed E-state index contributed by atoms with van der Waals surface area (Å²) in [5, 5.41) is 0. The van der Waals surface area contributed by atoms with Crippen molar-refractivity contribution < 1.29 is 9.53 Å². The van der Waals surface area contributed by atoms with E-state index in [1.54, 1.807) is 0 Å². The molecule has 0 bridgehead atoms. The molecule has 0 spiro atoms. The highest BCUT2D eigenvalue weighted by Crippen LogP contribution is 2.42. The van der Waals surface area contributed by atoms with E-state index in [4.69, 9.17) is 4.74 Å². The predicted octanol–water partition coefficient (Wildman–Crippen LogP) is 2.03. The van der Waals surface area contributed by atoms with E-state index in [1.165, 1.54) is 25.7 Å². The van der Waals surface area contributed by atoms with Crippen LogP contribution in [0.1, 0.15) is 52.4 Å². The SMILES string of the molecule is CCOC(=O)CC1(N2CCCC2)CC(C)N(C2CC2)C1. The van der Waals surface area contributed by atoms with Crippen molar-refractivity contribution in [3.63, 3.8) is 0 Å². The van der Waals surface area contributed by atoms with Gasteiger partial charge in [0.25, 0.3) is 0 Å². The number of hydrogen-bond acceptors (Lipinski definition) is 4. The summed E-state index contributed by atoms with van der Waals surface area (Å²) >= 11 is 0. The van der Waals surface area contributed by atoms with Crippen LogP contribution in [-0.4, -0.2) is 59.6 Å². The third-order valence-corrected chi connectivity index (χ3v) is 5.29. The smallest absolute Gasteiger partial charge is 0.307 e. The second-order valence-electron chi connectivity index (χ2n) is 6.86. The number of rotatable bonds is 5. The fraction of sp³-hybridized carbons (Fsp3) is 0.938. The summed E-state index contributed by atoms with van der Waals surface area (Å²) in [7, 11) is 0. The van der Waals surface area contributed by atoms with E-state index >= 15 is 0 Å². The van der Waals surface area contributed by atoms with Gasteiger partial charge in [-0.2, -0.15) is 0 Å². The third-order valence-electron chi connectivity index (χ3n) is 5.29. The lowest BCUT2D eigenvalue weighted by molar-refractivity contribution is -0.146. The van der Waals surface area contributed by atoms with Gasteiger partial charge in [0.2, 0.25) is 0 Å². The van der Waals surface area contributed by atoms with Crippen molar-refractivity contribution in [2.24, 2.45) is 0 Å². The summed E-state index contributed by atoms with van der Waals surface area (Å²) in [6.07, 6.45) is 6.96. The predicted molar refractivity (Wildman–Crippen MR) is 78.6 cm³/mol. The van der Waals surface area contributed by atoms with Crippen LogP contribution < -0.4 is 0 Å². The quantitative estimate of drug-likeness (QED) is 0.721. The number of carbonyl (C=O) groups excluding carboxylic acids is 1. The molecule has 2 heterocycles. The molecule has 4 heteroatoms. The average molecular weight is 280 g/mol. The van der Waals surface area contributed by atoms with E-state index in [9.17, 15) is 4.79 Å². The topological polar surface area (TPSA) is 32.8 Å². The molecule has 1 aliphatic carbocycles. The number of nitrogens with zero attached hydrogens (tertiary/aromatic N) is 2. The molecule has 0 aromatic heterocycles. The van der Waals surface area contributed by atoms with Crippen molar-refractivity contribution >= 4 is 5.97 Å². The Morgan fingerprint density at radius 1 is 1.30 bits per heavy atom. The van der Waals surface area contributed by atoms with Crippen molar-refractivity contribution in [3.05, 3.63) is 0 Å². The Bertz CT molecular complexity index is 363. The molecule has 2 aliphatic heterocycles. The Kier molecular flexibility index (Phi) is 4.04. The largest absolute Gasteiger partial charge is 0.466 e. The summed E-state index contributed by atoms with van der Waals surface area (Å²) < 4.78 is 5.25. The van der Waals surface area contributed by atoms with Crippen LogP contribution in [0.4, 0.5) is 0 Å². The van der Waals surface area contributed by atoms with Gasteiger partial charge < -0.3 is 4.74 Å². The van der Waals surface area contributed by atoms with Crippen LogP contribution in [-0.2, 0) is 9.53 Å². The van der Waals surface area contributed by atoms with Crippen LogP contribution in [0.25, 0.3) is 0 Å². The fourth-order valence-corrected chi connectivity index (χ4v) is 4.26. The van der Waals surface area contributed by atoms with Crippen molar-refractivity contribution in [3.8, 4) is 0 Å². The molecular formula is C16H28N2O2. The standard InChI is InChI=1S/C16H28N2O2/c1-3-20-15(19)11-16(17-8-4-5-9-17)10-13(2)18(12-16)14-6-7-14/h13-14H,3-12H2,1-2H3. The number of hydrogen-bond donors (Lipinski definition) is 0. The molecule has 2 unspecified atom stereocenters. The normalized spacial score (nSPS) is 35.6. The van der Waals surface area contributed by atoms with E-state index in [1.807, 2.05) is 6.92 Å². The van der Waals surface area contributed by atoms with E-state index in [-0.39, 0.29) is 11.5 Å². The van der Waals surface area contributed by atoms with E-state index in [2.05, 4.69) is 16.7 Å². The second-order valence-corrected chi connectivity index (χ2v) is 6.86. The molecule has 3 fully saturated rings. The molecule has 4 nitrogen and oxygen atoms in total. The Morgan fingerprint density at radius 3 is 2.60 bits per heavy atom. The molecule has 0 amide bonds. The van der Waals surface area contributed by atoms with E-state index in [0.717, 1.165) is 32.1 Å². The summed E-state index contributed by atoms with van der Waals surface area (Å²) in [4.78, 5) is 17.3. The molecule has 20 heavy (non-hydrogen) atoms. The van der Waals surface area contributed by atoms with Crippen LogP contribution in [0.3, 0.4) is 0 Å². The highest BCUT2D eigenvalue weighted by Gasteiger charge is 2.51. The summed E-state index contributed by atoms with van der Waals surface area (Å²) in [6.45, 7) is 8.11. The molecule has 3 rings (SSSR count). The first-order valence-electron chi connectivity index (χ1n) is 8.31. The highest BCUT2D eigenvalue weighted by molar-refractivity contribution is 5.71. The highest BCUT2D eigenvalue weighted by atomic mass is 16.5. The third kappa shape index (κ3) is 2.73. The first kappa shape index (κ1) is 14.3. The Balaban J connectivity index is 1.75. The minimum Gasteiger partial charge on any atom is -0.466 e. The zero-order valence-electron chi connectivity index (χ0n) is 12.9. The van der Waals surface area contributed by atoms with E-state index in [0.29, 0.717) is 19.1 Å². The van der Waals surface area contributed by atoms with Crippen molar-refractivity contribution in [1.29, 1.82) is 0 Å². The number of esters is 1. The molecule has 3 aliphatic rings. The van der Waals surface area contributed by atoms with Gasteiger partial charge in [0.05, 0.1) is 13.0 Å². The van der Waals surface area contributed by atoms with Crippen LogP contribution in [0.5, 0.6) is 0 Å². The monoisotopic (exact) mass is 280 g/mol. The number of carbonyl (C=O) groups is 1. The first-order chi connectivity index (χ1) is 9.64. The van der Waals surface area contributed by atoms with Gasteiger partial charge in [-0.15, -0.1) is 0 Å². The molecule has 2 saturated heterocycles. The Morgan fingerprint density at radius 2 is 2.00 bits per heavy atom. The lowest BCUT2D eigenvalue weighted by Crippen LogP contribution is -2.51. The van der Waals surface area contributed by atoms with Crippen LogP contribution >= 0.6 is 0 Å². The van der Waals surface area contributed by atoms with Gasteiger partial charge in [-0.05, 0) is 59.0 Å².